The molecule has 2 N–H and O–H groups in total. The Balaban J connectivity index is 0.00000338. The summed E-state index contributed by atoms with van der Waals surface area (Å²) in [6.07, 6.45) is 9.23. The Bertz CT molecular complexity index is 517. The molecule has 1 aromatic rings. The van der Waals surface area contributed by atoms with E-state index in [-0.39, 0.29) is 24.0 Å². The fourth-order valence-electron chi connectivity index (χ4n) is 3.42. The van der Waals surface area contributed by atoms with E-state index < -0.39 is 0 Å². The molecule has 0 radical (unpaired) electrons. The maximum atomic E-state index is 4.36. The topological polar surface area (TPSA) is 70.4 Å². The number of aryl methyl sites for hydroxylation is 1. The molecule has 1 fully saturated rings. The molecule has 1 aliphatic heterocycles. The molecule has 0 aromatic carbocycles. The van der Waals surface area contributed by atoms with Crippen molar-refractivity contribution in [3.05, 3.63) is 12.2 Å². The predicted octanol–water partition coefficient (Wildman–Crippen LogP) is 2.28. The molecule has 0 spiro atoms. The van der Waals surface area contributed by atoms with E-state index in [0.717, 1.165) is 37.8 Å². The molecule has 1 aliphatic rings. The monoisotopic (exact) mass is 477 g/mol. The number of guanidine groups is 1. The number of rotatable bonds is 9. The van der Waals surface area contributed by atoms with Crippen LogP contribution in [0.4, 0.5) is 0 Å². The SMILES string of the molecule is CCCCN1CCCCC1CNC(=NC)NCCn1cnnc1CC.I. The summed E-state index contributed by atoms with van der Waals surface area (Å²) in [5.74, 6) is 1.91. The average Bonchev–Trinajstić information content (AvgIpc) is 3.11. The number of halogens is 1. The van der Waals surface area contributed by atoms with Gasteiger partial charge in [-0.15, -0.1) is 34.2 Å². The zero-order valence-electron chi connectivity index (χ0n) is 16.6. The van der Waals surface area contributed by atoms with Crippen molar-refractivity contribution >= 4 is 29.9 Å². The smallest absolute Gasteiger partial charge is 0.191 e. The van der Waals surface area contributed by atoms with Crippen LogP contribution in [0.25, 0.3) is 0 Å². The molecule has 0 amide bonds. The lowest BCUT2D eigenvalue weighted by Crippen LogP contribution is -2.49. The second kappa shape index (κ2) is 13.3. The molecular formula is C18H36IN7. The lowest BCUT2D eigenvalue weighted by Gasteiger charge is -2.36. The van der Waals surface area contributed by atoms with Gasteiger partial charge in [0.1, 0.15) is 12.2 Å². The van der Waals surface area contributed by atoms with Crippen molar-refractivity contribution < 1.29 is 0 Å². The maximum absolute atomic E-state index is 4.36. The van der Waals surface area contributed by atoms with Gasteiger partial charge in [0.15, 0.2) is 5.96 Å². The van der Waals surface area contributed by atoms with Crippen molar-refractivity contribution in [1.29, 1.82) is 0 Å². The molecule has 2 heterocycles. The summed E-state index contributed by atoms with van der Waals surface area (Å²) in [5.41, 5.74) is 0. The summed E-state index contributed by atoms with van der Waals surface area (Å²) >= 11 is 0. The lowest BCUT2D eigenvalue weighted by molar-refractivity contribution is 0.147. The third-order valence-corrected chi connectivity index (χ3v) is 4.93. The summed E-state index contributed by atoms with van der Waals surface area (Å²) in [5, 5.41) is 15.0. The summed E-state index contributed by atoms with van der Waals surface area (Å²) in [4.78, 5) is 7.01. The van der Waals surface area contributed by atoms with Crippen LogP contribution in [-0.2, 0) is 13.0 Å². The number of hydrogen-bond donors (Lipinski definition) is 2. The molecule has 7 nitrogen and oxygen atoms in total. The van der Waals surface area contributed by atoms with Crippen LogP contribution in [0.5, 0.6) is 0 Å². The van der Waals surface area contributed by atoms with Gasteiger partial charge in [0.05, 0.1) is 0 Å². The molecule has 26 heavy (non-hydrogen) atoms. The van der Waals surface area contributed by atoms with E-state index >= 15 is 0 Å². The first-order chi connectivity index (χ1) is 12.3. The molecule has 150 valence electrons. The first-order valence-electron chi connectivity index (χ1n) is 9.83. The fraction of sp³-hybridized carbons (Fsp3) is 0.833. The normalized spacial score (nSPS) is 18.4. The van der Waals surface area contributed by atoms with E-state index in [1.165, 1.54) is 45.2 Å². The minimum absolute atomic E-state index is 0. The number of unbranched alkanes of at least 4 members (excludes halogenated alkanes) is 1. The van der Waals surface area contributed by atoms with Crippen LogP contribution in [0, 0.1) is 0 Å². The van der Waals surface area contributed by atoms with Gasteiger partial charge in [0.25, 0.3) is 0 Å². The fourth-order valence-corrected chi connectivity index (χ4v) is 3.42. The molecule has 8 heteroatoms. The Kier molecular flexibility index (Phi) is 11.8. The van der Waals surface area contributed by atoms with Crippen molar-refractivity contribution in [3.63, 3.8) is 0 Å². The molecule has 0 aliphatic carbocycles. The van der Waals surface area contributed by atoms with Crippen LogP contribution in [0.1, 0.15) is 51.8 Å². The van der Waals surface area contributed by atoms with Gasteiger partial charge in [-0.1, -0.05) is 26.7 Å². The van der Waals surface area contributed by atoms with Crippen LogP contribution in [0.2, 0.25) is 0 Å². The highest BCUT2D eigenvalue weighted by Crippen LogP contribution is 2.16. The largest absolute Gasteiger partial charge is 0.355 e. The molecule has 0 bridgehead atoms. The maximum Gasteiger partial charge on any atom is 0.191 e. The molecule has 1 atom stereocenters. The Hall–Kier alpha value is -0.900. The van der Waals surface area contributed by atoms with Gasteiger partial charge in [0, 0.05) is 39.1 Å². The summed E-state index contributed by atoms with van der Waals surface area (Å²) in [6, 6.07) is 0.628. The minimum Gasteiger partial charge on any atom is -0.355 e. The number of nitrogens with one attached hydrogen (secondary N) is 2. The third-order valence-electron chi connectivity index (χ3n) is 4.93. The molecule has 1 unspecified atom stereocenters. The second-order valence-corrected chi connectivity index (χ2v) is 6.71. The third kappa shape index (κ3) is 7.38. The summed E-state index contributed by atoms with van der Waals surface area (Å²) in [6.45, 7) is 9.47. The van der Waals surface area contributed by atoms with Crippen LogP contribution in [-0.4, -0.2) is 64.9 Å². The Morgan fingerprint density at radius 1 is 1.27 bits per heavy atom. The summed E-state index contributed by atoms with van der Waals surface area (Å²) < 4.78 is 2.09. The van der Waals surface area contributed by atoms with Gasteiger partial charge in [-0.25, -0.2) is 0 Å². The van der Waals surface area contributed by atoms with E-state index in [0.29, 0.717) is 6.04 Å². The van der Waals surface area contributed by atoms with E-state index in [4.69, 9.17) is 0 Å². The molecule has 2 rings (SSSR count). The molecular weight excluding hydrogens is 441 g/mol. The van der Waals surface area contributed by atoms with Crippen LogP contribution in [0.3, 0.4) is 0 Å². The number of likely N-dealkylation sites (tertiary alicyclic amines) is 1. The number of hydrogen-bond acceptors (Lipinski definition) is 4. The molecule has 1 aromatic heterocycles. The Morgan fingerprint density at radius 2 is 2.12 bits per heavy atom. The van der Waals surface area contributed by atoms with Crippen molar-refractivity contribution in [2.45, 2.75) is 65.0 Å². The van der Waals surface area contributed by atoms with Crippen molar-refractivity contribution in [3.8, 4) is 0 Å². The van der Waals surface area contributed by atoms with Gasteiger partial charge < -0.3 is 15.2 Å². The van der Waals surface area contributed by atoms with Crippen molar-refractivity contribution in [2.24, 2.45) is 4.99 Å². The first kappa shape index (κ1) is 23.1. The number of aliphatic imine (C=N–C) groups is 1. The highest BCUT2D eigenvalue weighted by atomic mass is 127. The average molecular weight is 477 g/mol. The first-order valence-corrected chi connectivity index (χ1v) is 9.83. The molecule has 0 saturated carbocycles. The number of aromatic nitrogens is 3. The highest BCUT2D eigenvalue weighted by molar-refractivity contribution is 14.0. The van der Waals surface area contributed by atoms with E-state index in [1.807, 2.05) is 7.05 Å². The lowest BCUT2D eigenvalue weighted by atomic mass is 10.0. The summed E-state index contributed by atoms with van der Waals surface area (Å²) in [7, 11) is 1.83. The standard InChI is InChI=1S/C18H35N7.HI/c1-4-6-11-24-12-8-7-9-16(24)14-21-18(19-3)20-10-13-25-15-22-23-17(25)5-2;/h15-16H,4-14H2,1-3H3,(H2,19,20,21);1H. The van der Waals surface area contributed by atoms with Gasteiger partial charge in [-0.2, -0.15) is 0 Å². The van der Waals surface area contributed by atoms with Crippen molar-refractivity contribution in [2.75, 3.05) is 33.2 Å². The van der Waals surface area contributed by atoms with Gasteiger partial charge in [-0.05, 0) is 32.4 Å². The zero-order chi connectivity index (χ0) is 17.9. The minimum atomic E-state index is 0. The number of piperidine rings is 1. The van der Waals surface area contributed by atoms with Gasteiger partial charge in [-0.3, -0.25) is 9.89 Å². The van der Waals surface area contributed by atoms with Gasteiger partial charge >= 0.3 is 0 Å². The quantitative estimate of drug-likeness (QED) is 0.325. The number of nitrogens with zero attached hydrogens (tertiary/aromatic N) is 5. The van der Waals surface area contributed by atoms with Crippen molar-refractivity contribution in [1.82, 2.24) is 30.3 Å². The van der Waals surface area contributed by atoms with Gasteiger partial charge in [0.2, 0.25) is 0 Å². The van der Waals surface area contributed by atoms with E-state index in [2.05, 4.69) is 49.1 Å². The Labute approximate surface area is 175 Å². The Morgan fingerprint density at radius 3 is 2.85 bits per heavy atom. The van der Waals surface area contributed by atoms with Crippen LogP contribution in [0.15, 0.2) is 11.3 Å². The second-order valence-electron chi connectivity index (χ2n) is 6.71. The van der Waals surface area contributed by atoms with Crippen LogP contribution < -0.4 is 10.6 Å². The highest BCUT2D eigenvalue weighted by Gasteiger charge is 2.21. The zero-order valence-corrected chi connectivity index (χ0v) is 18.9. The predicted molar refractivity (Wildman–Crippen MR) is 118 cm³/mol. The molecule has 1 saturated heterocycles. The van der Waals surface area contributed by atoms with Crippen LogP contribution >= 0.6 is 24.0 Å². The van der Waals surface area contributed by atoms with E-state index in [1.54, 1.807) is 6.33 Å². The van der Waals surface area contributed by atoms with E-state index in [9.17, 15) is 0 Å².